The zero-order valence-electron chi connectivity index (χ0n) is 10.9. The number of rotatable bonds is 5. The predicted octanol–water partition coefficient (Wildman–Crippen LogP) is 2.16. The van der Waals surface area contributed by atoms with Gasteiger partial charge in [-0.3, -0.25) is 9.78 Å². The average molecular weight is 290 g/mol. The van der Waals surface area contributed by atoms with E-state index in [2.05, 4.69) is 4.98 Å². The molecule has 0 spiro atoms. The minimum atomic E-state index is -0.947. The molecular weight excluding hydrogens is 276 g/mol. The van der Waals surface area contributed by atoms with Crippen molar-refractivity contribution in [3.63, 3.8) is 0 Å². The third-order valence-corrected chi connectivity index (χ3v) is 3.72. The largest absolute Gasteiger partial charge is 0.478 e. The number of amides is 1. The number of carboxylic acid groups (broad SMARTS) is 1. The van der Waals surface area contributed by atoms with Crippen molar-refractivity contribution in [3.05, 3.63) is 52.0 Å². The summed E-state index contributed by atoms with van der Waals surface area (Å²) in [5, 5.41) is 9.10. The third-order valence-electron chi connectivity index (χ3n) is 2.95. The fraction of sp³-hybridized carbons (Fsp3) is 0.214. The number of carboxylic acids is 1. The molecule has 1 aromatic carbocycles. The second-order valence-electron chi connectivity index (χ2n) is 4.30. The van der Waals surface area contributed by atoms with E-state index >= 15 is 0 Å². The molecule has 2 aromatic rings. The van der Waals surface area contributed by atoms with Gasteiger partial charge in [-0.25, -0.2) is 4.79 Å². The molecule has 0 aliphatic rings. The lowest BCUT2D eigenvalue weighted by atomic mass is 10.0. The molecule has 0 radical (unpaired) electrons. The highest BCUT2D eigenvalue weighted by Crippen LogP contribution is 2.12. The van der Waals surface area contributed by atoms with Crippen LogP contribution >= 0.6 is 11.3 Å². The first kappa shape index (κ1) is 14.2. The van der Waals surface area contributed by atoms with Gasteiger partial charge < -0.3 is 10.0 Å². The topological polar surface area (TPSA) is 70.5 Å². The zero-order chi connectivity index (χ0) is 14.5. The van der Waals surface area contributed by atoms with Gasteiger partial charge in [-0.2, -0.15) is 0 Å². The Morgan fingerprint density at radius 1 is 1.35 bits per heavy atom. The van der Waals surface area contributed by atoms with Gasteiger partial charge in [-0.05, 0) is 18.1 Å². The summed E-state index contributed by atoms with van der Waals surface area (Å²) in [7, 11) is 1.70. The van der Waals surface area contributed by atoms with Crippen LogP contribution in [-0.4, -0.2) is 40.5 Å². The Morgan fingerprint density at radius 3 is 2.75 bits per heavy atom. The van der Waals surface area contributed by atoms with Gasteiger partial charge in [0.05, 0.1) is 17.3 Å². The molecule has 6 heteroatoms. The SMILES string of the molecule is CN(CCc1ccccc1C(=O)O)C(=O)c1cncs1. The maximum Gasteiger partial charge on any atom is 0.335 e. The van der Waals surface area contributed by atoms with E-state index in [1.54, 1.807) is 41.7 Å². The minimum absolute atomic E-state index is 0.0969. The Morgan fingerprint density at radius 2 is 2.10 bits per heavy atom. The fourth-order valence-electron chi connectivity index (χ4n) is 1.85. The Balaban J connectivity index is 2.02. The molecule has 1 N–H and O–H groups in total. The normalized spacial score (nSPS) is 10.2. The van der Waals surface area contributed by atoms with Crippen LogP contribution in [0.25, 0.3) is 0 Å². The molecule has 0 saturated heterocycles. The van der Waals surface area contributed by atoms with Gasteiger partial charge in [0.2, 0.25) is 0 Å². The number of carbonyl (C=O) groups is 2. The number of aromatic nitrogens is 1. The van der Waals surface area contributed by atoms with Crippen LogP contribution in [0.3, 0.4) is 0 Å². The number of hydrogen-bond donors (Lipinski definition) is 1. The summed E-state index contributed by atoms with van der Waals surface area (Å²) in [6, 6.07) is 6.84. The smallest absolute Gasteiger partial charge is 0.335 e. The molecule has 104 valence electrons. The van der Waals surface area contributed by atoms with E-state index in [4.69, 9.17) is 5.11 Å². The first-order chi connectivity index (χ1) is 9.59. The second-order valence-corrected chi connectivity index (χ2v) is 5.19. The van der Waals surface area contributed by atoms with Crippen LogP contribution in [0.2, 0.25) is 0 Å². The number of hydrogen-bond acceptors (Lipinski definition) is 4. The number of carbonyl (C=O) groups excluding carboxylic acids is 1. The van der Waals surface area contributed by atoms with Crippen molar-refractivity contribution in [2.45, 2.75) is 6.42 Å². The Labute approximate surface area is 120 Å². The highest BCUT2D eigenvalue weighted by atomic mass is 32.1. The van der Waals surface area contributed by atoms with Crippen molar-refractivity contribution >= 4 is 23.2 Å². The van der Waals surface area contributed by atoms with Crippen molar-refractivity contribution in [2.24, 2.45) is 0 Å². The van der Waals surface area contributed by atoms with E-state index < -0.39 is 5.97 Å². The highest BCUT2D eigenvalue weighted by molar-refractivity contribution is 7.11. The molecule has 2 rings (SSSR count). The molecule has 0 bridgehead atoms. The lowest BCUT2D eigenvalue weighted by Crippen LogP contribution is -2.28. The van der Waals surface area contributed by atoms with Crippen molar-refractivity contribution in [1.82, 2.24) is 9.88 Å². The van der Waals surface area contributed by atoms with Gasteiger partial charge in [0.15, 0.2) is 0 Å². The summed E-state index contributed by atoms with van der Waals surface area (Å²) in [4.78, 5) is 29.2. The summed E-state index contributed by atoms with van der Waals surface area (Å²) in [6.07, 6.45) is 2.04. The monoisotopic (exact) mass is 290 g/mol. The second kappa shape index (κ2) is 6.29. The predicted molar refractivity (Wildman–Crippen MR) is 76.2 cm³/mol. The van der Waals surface area contributed by atoms with Crippen LogP contribution < -0.4 is 0 Å². The Kier molecular flexibility index (Phi) is 4.47. The number of thiazole rings is 1. The number of nitrogens with zero attached hydrogens (tertiary/aromatic N) is 2. The van der Waals surface area contributed by atoms with Crippen LogP contribution in [0.1, 0.15) is 25.6 Å². The quantitative estimate of drug-likeness (QED) is 0.916. The summed E-state index contributed by atoms with van der Waals surface area (Å²) >= 11 is 1.29. The van der Waals surface area contributed by atoms with E-state index in [0.29, 0.717) is 17.8 Å². The molecule has 0 aliphatic heterocycles. The van der Waals surface area contributed by atoms with E-state index in [9.17, 15) is 9.59 Å². The number of aromatic carboxylic acids is 1. The average Bonchev–Trinajstić information content (AvgIpc) is 2.98. The summed E-state index contributed by atoms with van der Waals surface area (Å²) in [5.74, 6) is -1.04. The van der Waals surface area contributed by atoms with Gasteiger partial charge in [0.25, 0.3) is 5.91 Å². The van der Waals surface area contributed by atoms with Gasteiger partial charge in [-0.1, -0.05) is 18.2 Å². The lowest BCUT2D eigenvalue weighted by Gasteiger charge is -2.16. The lowest BCUT2D eigenvalue weighted by molar-refractivity contribution is 0.0695. The summed E-state index contributed by atoms with van der Waals surface area (Å²) in [6.45, 7) is 0.459. The molecule has 0 aliphatic carbocycles. The van der Waals surface area contributed by atoms with Gasteiger partial charge in [0, 0.05) is 13.6 Å². The van der Waals surface area contributed by atoms with Crippen LogP contribution in [0.15, 0.2) is 36.0 Å². The maximum atomic E-state index is 12.0. The molecule has 0 atom stereocenters. The minimum Gasteiger partial charge on any atom is -0.478 e. The molecule has 20 heavy (non-hydrogen) atoms. The molecule has 1 amide bonds. The van der Waals surface area contributed by atoms with Crippen LogP contribution in [0, 0.1) is 0 Å². The van der Waals surface area contributed by atoms with Crippen LogP contribution in [0.5, 0.6) is 0 Å². The first-order valence-electron chi connectivity index (χ1n) is 6.04. The number of likely N-dealkylation sites (N-methyl/N-ethyl adjacent to an activating group) is 1. The summed E-state index contributed by atoms with van der Waals surface area (Å²) in [5.41, 5.74) is 2.62. The van der Waals surface area contributed by atoms with Gasteiger partial charge >= 0.3 is 5.97 Å². The van der Waals surface area contributed by atoms with E-state index in [1.807, 2.05) is 0 Å². The molecule has 1 heterocycles. The van der Waals surface area contributed by atoms with Crippen molar-refractivity contribution in [2.75, 3.05) is 13.6 Å². The molecule has 0 fully saturated rings. The first-order valence-corrected chi connectivity index (χ1v) is 6.92. The Bertz CT molecular complexity index is 611. The van der Waals surface area contributed by atoms with E-state index in [-0.39, 0.29) is 11.5 Å². The van der Waals surface area contributed by atoms with Crippen LogP contribution in [-0.2, 0) is 6.42 Å². The van der Waals surface area contributed by atoms with Crippen molar-refractivity contribution < 1.29 is 14.7 Å². The van der Waals surface area contributed by atoms with E-state index in [0.717, 1.165) is 5.56 Å². The van der Waals surface area contributed by atoms with Crippen molar-refractivity contribution in [3.8, 4) is 0 Å². The Hall–Kier alpha value is -2.21. The molecular formula is C14H14N2O3S. The standard InChI is InChI=1S/C14H14N2O3S/c1-16(13(17)12-8-15-9-20-12)7-6-10-4-2-3-5-11(10)14(18)19/h2-5,8-9H,6-7H2,1H3,(H,18,19). The van der Waals surface area contributed by atoms with Crippen LogP contribution in [0.4, 0.5) is 0 Å². The number of benzene rings is 1. The van der Waals surface area contributed by atoms with Gasteiger partial charge in [0.1, 0.15) is 4.88 Å². The van der Waals surface area contributed by atoms with Gasteiger partial charge in [-0.15, -0.1) is 11.3 Å². The molecule has 5 nitrogen and oxygen atoms in total. The molecule has 0 saturated carbocycles. The fourth-order valence-corrected chi connectivity index (χ4v) is 2.46. The third kappa shape index (κ3) is 3.21. The van der Waals surface area contributed by atoms with E-state index in [1.165, 1.54) is 17.5 Å². The van der Waals surface area contributed by atoms with Crippen molar-refractivity contribution in [1.29, 1.82) is 0 Å². The molecule has 0 unspecified atom stereocenters. The highest BCUT2D eigenvalue weighted by Gasteiger charge is 2.14. The molecule has 1 aromatic heterocycles. The maximum absolute atomic E-state index is 12.0. The summed E-state index contributed by atoms with van der Waals surface area (Å²) < 4.78 is 0. The zero-order valence-corrected chi connectivity index (χ0v) is 11.8.